The fourth-order valence-corrected chi connectivity index (χ4v) is 5.65. The first-order valence-corrected chi connectivity index (χ1v) is 11.9. The van der Waals surface area contributed by atoms with Gasteiger partial charge in [-0.25, -0.2) is 0 Å². The second-order valence-corrected chi connectivity index (χ2v) is 9.95. The van der Waals surface area contributed by atoms with Crippen molar-refractivity contribution in [1.29, 1.82) is 0 Å². The number of benzene rings is 2. The number of methoxy groups -OCH3 is 1. The molecule has 0 unspecified atom stereocenters. The van der Waals surface area contributed by atoms with Crippen LogP contribution in [0.4, 0.5) is 0 Å². The minimum absolute atomic E-state index is 0.165. The summed E-state index contributed by atoms with van der Waals surface area (Å²) in [5.74, 6) is 0.503. The van der Waals surface area contributed by atoms with Gasteiger partial charge in [0, 0.05) is 4.47 Å². The normalized spacial score (nSPS) is 25.8. The summed E-state index contributed by atoms with van der Waals surface area (Å²) in [7, 11) is 1.56. The molecule has 3 aliphatic rings. The lowest BCUT2D eigenvalue weighted by molar-refractivity contribution is -0.140. The molecule has 8 heteroatoms. The molecule has 2 aromatic rings. The van der Waals surface area contributed by atoms with Crippen molar-refractivity contribution < 1.29 is 19.1 Å². The summed E-state index contributed by atoms with van der Waals surface area (Å²) in [6, 6.07) is 11.5. The number of hydrogen-bond acceptors (Lipinski definition) is 5. The van der Waals surface area contributed by atoms with Crippen LogP contribution in [-0.4, -0.2) is 30.1 Å². The van der Waals surface area contributed by atoms with Crippen molar-refractivity contribution in [3.8, 4) is 11.5 Å². The topological polar surface area (TPSA) is 68.2 Å². The first kappa shape index (κ1) is 21.4. The van der Waals surface area contributed by atoms with Gasteiger partial charge in [-0.2, -0.15) is 10.1 Å². The number of fused-ring (bicyclic) bond motifs is 5. The fourth-order valence-electron chi connectivity index (χ4n) is 4.82. The van der Waals surface area contributed by atoms with Gasteiger partial charge in [-0.1, -0.05) is 40.2 Å². The standard InChI is InChI=1S/C24H20Br2N2O4/c1-31-19-9-14(8-18(26)22(19)32-12-13-2-6-17(25)7-3-13)11-27-28-23(29)20-15-4-5-16(10-15)21(20)24(28)30/h2-9,11,15-16,20-21H,10,12H2,1H3/t15-,16-,20-,21+/m0/s1. The molecule has 1 heterocycles. The van der Waals surface area contributed by atoms with Crippen LogP contribution in [0.25, 0.3) is 0 Å². The molecule has 2 fully saturated rings. The Morgan fingerprint density at radius 1 is 1.06 bits per heavy atom. The van der Waals surface area contributed by atoms with E-state index < -0.39 is 0 Å². The molecule has 164 valence electrons. The van der Waals surface area contributed by atoms with E-state index in [0.29, 0.717) is 28.1 Å². The lowest BCUT2D eigenvalue weighted by Crippen LogP contribution is -2.28. The predicted molar refractivity (Wildman–Crippen MR) is 126 cm³/mol. The smallest absolute Gasteiger partial charge is 0.254 e. The molecule has 5 rings (SSSR count). The van der Waals surface area contributed by atoms with Gasteiger partial charge >= 0.3 is 0 Å². The van der Waals surface area contributed by atoms with Crippen LogP contribution in [0.15, 0.2) is 62.6 Å². The van der Waals surface area contributed by atoms with Gasteiger partial charge in [-0.3, -0.25) is 9.59 Å². The number of hydrazone groups is 1. The molecule has 0 radical (unpaired) electrons. The molecule has 1 saturated carbocycles. The summed E-state index contributed by atoms with van der Waals surface area (Å²) in [6.07, 6.45) is 6.55. The molecule has 0 aromatic heterocycles. The van der Waals surface area contributed by atoms with Crippen molar-refractivity contribution in [3.05, 3.63) is 68.6 Å². The molecule has 2 bridgehead atoms. The van der Waals surface area contributed by atoms with Crippen LogP contribution in [0.3, 0.4) is 0 Å². The van der Waals surface area contributed by atoms with Crippen molar-refractivity contribution in [2.45, 2.75) is 13.0 Å². The van der Waals surface area contributed by atoms with E-state index in [-0.39, 0.29) is 35.5 Å². The Bertz CT molecular complexity index is 1120. The fraction of sp³-hybridized carbons (Fsp3) is 0.292. The number of amides is 2. The second kappa shape index (κ2) is 8.48. The molecule has 1 aliphatic heterocycles. The van der Waals surface area contributed by atoms with Crippen molar-refractivity contribution in [2.75, 3.05) is 7.11 Å². The Kier molecular flexibility index (Phi) is 5.67. The Balaban J connectivity index is 1.33. The molecule has 0 N–H and O–H groups in total. The quantitative estimate of drug-likeness (QED) is 0.285. The summed E-state index contributed by atoms with van der Waals surface area (Å²) < 4.78 is 13.2. The van der Waals surface area contributed by atoms with E-state index in [1.54, 1.807) is 13.2 Å². The minimum atomic E-state index is -0.259. The zero-order valence-corrected chi connectivity index (χ0v) is 20.4. The minimum Gasteiger partial charge on any atom is -0.493 e. The van der Waals surface area contributed by atoms with E-state index in [2.05, 4.69) is 49.1 Å². The number of carbonyl (C=O) groups is 2. The summed E-state index contributed by atoms with van der Waals surface area (Å²) in [5.41, 5.74) is 1.70. The molecule has 1 saturated heterocycles. The average molecular weight is 560 g/mol. The van der Waals surface area contributed by atoms with Crippen LogP contribution in [-0.2, 0) is 16.2 Å². The van der Waals surface area contributed by atoms with Crippen LogP contribution in [0.2, 0.25) is 0 Å². The van der Waals surface area contributed by atoms with Gasteiger partial charge in [-0.15, -0.1) is 0 Å². The second-order valence-electron chi connectivity index (χ2n) is 8.18. The number of nitrogens with zero attached hydrogens (tertiary/aromatic N) is 2. The summed E-state index contributed by atoms with van der Waals surface area (Å²) in [5, 5.41) is 5.28. The maximum absolute atomic E-state index is 12.8. The molecule has 2 amide bonds. The number of imide groups is 1. The monoisotopic (exact) mass is 558 g/mol. The van der Waals surface area contributed by atoms with E-state index in [4.69, 9.17) is 9.47 Å². The highest BCUT2D eigenvalue weighted by Crippen LogP contribution is 2.52. The number of rotatable bonds is 6. The highest BCUT2D eigenvalue weighted by Gasteiger charge is 2.59. The van der Waals surface area contributed by atoms with Crippen LogP contribution in [0.1, 0.15) is 17.5 Å². The zero-order valence-electron chi connectivity index (χ0n) is 17.2. The van der Waals surface area contributed by atoms with Crippen LogP contribution < -0.4 is 9.47 Å². The Labute approximate surface area is 202 Å². The maximum atomic E-state index is 12.8. The van der Waals surface area contributed by atoms with Gasteiger partial charge in [0.05, 0.1) is 29.6 Å². The van der Waals surface area contributed by atoms with Gasteiger partial charge in [0.2, 0.25) is 0 Å². The van der Waals surface area contributed by atoms with Crippen LogP contribution in [0, 0.1) is 23.7 Å². The van der Waals surface area contributed by atoms with E-state index in [0.717, 1.165) is 21.5 Å². The highest BCUT2D eigenvalue weighted by atomic mass is 79.9. The Hall–Kier alpha value is -2.45. The van der Waals surface area contributed by atoms with E-state index in [1.807, 2.05) is 30.3 Å². The number of halogens is 2. The largest absolute Gasteiger partial charge is 0.493 e. The molecule has 32 heavy (non-hydrogen) atoms. The van der Waals surface area contributed by atoms with Gasteiger partial charge in [0.1, 0.15) is 6.61 Å². The predicted octanol–water partition coefficient (Wildman–Crippen LogP) is 4.94. The number of allylic oxidation sites excluding steroid dienone is 2. The summed E-state index contributed by atoms with van der Waals surface area (Å²) in [4.78, 5) is 25.6. The van der Waals surface area contributed by atoms with E-state index in [1.165, 1.54) is 6.21 Å². The lowest BCUT2D eigenvalue weighted by atomic mass is 9.85. The Morgan fingerprint density at radius 3 is 2.34 bits per heavy atom. The van der Waals surface area contributed by atoms with E-state index in [9.17, 15) is 9.59 Å². The third kappa shape index (κ3) is 3.69. The van der Waals surface area contributed by atoms with Gasteiger partial charge in [0.15, 0.2) is 11.5 Å². The lowest BCUT2D eigenvalue weighted by Gasteiger charge is -2.14. The molecule has 2 aliphatic carbocycles. The highest BCUT2D eigenvalue weighted by molar-refractivity contribution is 9.10. The first-order valence-electron chi connectivity index (χ1n) is 10.3. The molecule has 4 atom stereocenters. The molecular formula is C24H20Br2N2O4. The van der Waals surface area contributed by atoms with Crippen molar-refractivity contribution >= 4 is 49.9 Å². The molecule has 0 spiro atoms. The number of ether oxygens (including phenoxy) is 2. The Morgan fingerprint density at radius 2 is 1.72 bits per heavy atom. The van der Waals surface area contributed by atoms with Crippen molar-refractivity contribution in [1.82, 2.24) is 5.01 Å². The van der Waals surface area contributed by atoms with Gasteiger partial charge in [-0.05, 0) is 69.6 Å². The number of hydrogen-bond donors (Lipinski definition) is 0. The molecule has 2 aromatic carbocycles. The van der Waals surface area contributed by atoms with Crippen molar-refractivity contribution in [3.63, 3.8) is 0 Å². The summed E-state index contributed by atoms with van der Waals surface area (Å²) >= 11 is 6.96. The maximum Gasteiger partial charge on any atom is 0.254 e. The molecule has 6 nitrogen and oxygen atoms in total. The van der Waals surface area contributed by atoms with Crippen molar-refractivity contribution in [2.24, 2.45) is 28.8 Å². The SMILES string of the molecule is COc1cc(C=NN2C(=O)[C@@H]3[C@H](C2=O)[C@H]2C=C[C@H]3C2)cc(Br)c1OCc1ccc(Br)cc1. The van der Waals surface area contributed by atoms with Gasteiger partial charge < -0.3 is 9.47 Å². The zero-order chi connectivity index (χ0) is 22.4. The average Bonchev–Trinajstić information content (AvgIpc) is 3.46. The van der Waals surface area contributed by atoms with E-state index >= 15 is 0 Å². The van der Waals surface area contributed by atoms with Crippen LogP contribution in [0.5, 0.6) is 11.5 Å². The third-order valence-electron chi connectivity index (χ3n) is 6.32. The van der Waals surface area contributed by atoms with Crippen LogP contribution >= 0.6 is 31.9 Å². The molecular weight excluding hydrogens is 540 g/mol. The summed E-state index contributed by atoms with van der Waals surface area (Å²) in [6.45, 7) is 0.381. The third-order valence-corrected chi connectivity index (χ3v) is 7.44. The van der Waals surface area contributed by atoms with Gasteiger partial charge in [0.25, 0.3) is 11.8 Å². The first-order chi connectivity index (χ1) is 15.5. The number of carbonyl (C=O) groups excluding carboxylic acids is 2.